The molecule has 0 aromatic carbocycles. The summed E-state index contributed by atoms with van der Waals surface area (Å²) >= 11 is 0. The molecule has 1 saturated heterocycles. The predicted octanol–water partition coefficient (Wildman–Crippen LogP) is 2.36. The van der Waals surface area contributed by atoms with Crippen molar-refractivity contribution in [2.24, 2.45) is 0 Å². The Kier molecular flexibility index (Phi) is 4.37. The van der Waals surface area contributed by atoms with Gasteiger partial charge in [-0.25, -0.2) is 0 Å². The van der Waals surface area contributed by atoms with Gasteiger partial charge in [0.25, 0.3) is 0 Å². The smallest absolute Gasteiger partial charge is 0.0429 e. The standard InChI is InChI=1S/C14H23N3/c1-3-15-11-13-6-4-5-9-17(13)14-7-8-16-10-12(14)2/h7-8,10,13,15H,3-6,9,11H2,1-2H3. The molecule has 17 heavy (non-hydrogen) atoms. The Morgan fingerprint density at radius 3 is 3.12 bits per heavy atom. The first-order valence-corrected chi connectivity index (χ1v) is 6.71. The summed E-state index contributed by atoms with van der Waals surface area (Å²) in [6.07, 6.45) is 7.84. The lowest BCUT2D eigenvalue weighted by molar-refractivity contribution is 0.438. The van der Waals surface area contributed by atoms with E-state index in [1.54, 1.807) is 0 Å². The number of aryl methyl sites for hydroxylation is 1. The molecule has 1 aliphatic heterocycles. The van der Waals surface area contributed by atoms with Crippen LogP contribution in [0.25, 0.3) is 0 Å². The summed E-state index contributed by atoms with van der Waals surface area (Å²) in [5.74, 6) is 0. The lowest BCUT2D eigenvalue weighted by Crippen LogP contribution is -2.45. The summed E-state index contributed by atoms with van der Waals surface area (Å²) < 4.78 is 0. The number of rotatable bonds is 4. The first kappa shape index (κ1) is 12.4. The molecule has 1 aliphatic rings. The van der Waals surface area contributed by atoms with Gasteiger partial charge in [0.2, 0.25) is 0 Å². The molecule has 3 heteroatoms. The number of likely N-dealkylation sites (N-methyl/N-ethyl adjacent to an activating group) is 1. The first-order chi connectivity index (χ1) is 8.33. The molecule has 0 bridgehead atoms. The Bertz CT molecular complexity index is 351. The van der Waals surface area contributed by atoms with Gasteiger partial charge in [-0.1, -0.05) is 6.92 Å². The van der Waals surface area contributed by atoms with E-state index in [0.29, 0.717) is 6.04 Å². The fourth-order valence-electron chi connectivity index (χ4n) is 2.63. The number of anilines is 1. The highest BCUT2D eigenvalue weighted by Crippen LogP contribution is 2.26. The molecule has 0 aliphatic carbocycles. The van der Waals surface area contributed by atoms with Gasteiger partial charge in [-0.05, 0) is 44.4 Å². The summed E-state index contributed by atoms with van der Waals surface area (Å²) in [6, 6.07) is 2.80. The van der Waals surface area contributed by atoms with E-state index >= 15 is 0 Å². The van der Waals surface area contributed by atoms with Crippen LogP contribution in [0.15, 0.2) is 18.5 Å². The fraction of sp³-hybridized carbons (Fsp3) is 0.643. The van der Waals surface area contributed by atoms with Crippen molar-refractivity contribution < 1.29 is 0 Å². The summed E-state index contributed by atoms with van der Waals surface area (Å²) in [5, 5.41) is 3.48. The van der Waals surface area contributed by atoms with E-state index in [1.165, 1.54) is 37.1 Å². The zero-order chi connectivity index (χ0) is 12.1. The van der Waals surface area contributed by atoms with Gasteiger partial charge in [0.15, 0.2) is 0 Å². The summed E-state index contributed by atoms with van der Waals surface area (Å²) in [6.45, 7) is 7.66. The van der Waals surface area contributed by atoms with Crippen molar-refractivity contribution in [3.63, 3.8) is 0 Å². The van der Waals surface area contributed by atoms with Crippen LogP contribution in [0.1, 0.15) is 31.7 Å². The van der Waals surface area contributed by atoms with Crippen LogP contribution in [0, 0.1) is 6.92 Å². The van der Waals surface area contributed by atoms with Crippen molar-refractivity contribution in [3.05, 3.63) is 24.0 Å². The average Bonchev–Trinajstić information content (AvgIpc) is 2.37. The third-order valence-corrected chi connectivity index (χ3v) is 3.56. The largest absolute Gasteiger partial charge is 0.367 e. The second-order valence-corrected chi connectivity index (χ2v) is 4.81. The number of hydrogen-bond acceptors (Lipinski definition) is 3. The van der Waals surface area contributed by atoms with Crippen molar-refractivity contribution in [2.75, 3.05) is 24.5 Å². The van der Waals surface area contributed by atoms with Crippen molar-refractivity contribution in [2.45, 2.75) is 39.2 Å². The van der Waals surface area contributed by atoms with Gasteiger partial charge >= 0.3 is 0 Å². The quantitative estimate of drug-likeness (QED) is 0.865. The molecule has 94 valence electrons. The molecule has 0 radical (unpaired) electrons. The Labute approximate surface area is 104 Å². The van der Waals surface area contributed by atoms with Crippen molar-refractivity contribution in [3.8, 4) is 0 Å². The monoisotopic (exact) mass is 233 g/mol. The summed E-state index contributed by atoms with van der Waals surface area (Å²) in [5.41, 5.74) is 2.65. The molecule has 2 rings (SSSR count). The van der Waals surface area contributed by atoms with Crippen LogP contribution in [0.5, 0.6) is 0 Å². The lowest BCUT2D eigenvalue weighted by atomic mass is 10.0. The molecule has 0 amide bonds. The first-order valence-electron chi connectivity index (χ1n) is 6.71. The van der Waals surface area contributed by atoms with Crippen molar-refractivity contribution in [1.82, 2.24) is 10.3 Å². The van der Waals surface area contributed by atoms with Gasteiger partial charge in [0.1, 0.15) is 0 Å². The second kappa shape index (κ2) is 6.01. The normalized spacial score (nSPS) is 20.6. The third kappa shape index (κ3) is 2.97. The molecular formula is C14H23N3. The van der Waals surface area contributed by atoms with E-state index in [-0.39, 0.29) is 0 Å². The molecule has 1 unspecified atom stereocenters. The van der Waals surface area contributed by atoms with Crippen LogP contribution in [-0.2, 0) is 0 Å². The van der Waals surface area contributed by atoms with Crippen LogP contribution >= 0.6 is 0 Å². The van der Waals surface area contributed by atoms with E-state index in [2.05, 4.69) is 35.1 Å². The molecule has 3 nitrogen and oxygen atoms in total. The number of hydrogen-bond donors (Lipinski definition) is 1. The minimum absolute atomic E-state index is 0.643. The van der Waals surface area contributed by atoms with Gasteiger partial charge in [-0.15, -0.1) is 0 Å². The maximum absolute atomic E-state index is 4.18. The Balaban J connectivity index is 2.13. The number of pyridine rings is 1. The van der Waals surface area contributed by atoms with E-state index in [1.807, 2.05) is 12.4 Å². The van der Waals surface area contributed by atoms with Gasteiger partial charge in [-0.2, -0.15) is 0 Å². The van der Waals surface area contributed by atoms with Crippen molar-refractivity contribution >= 4 is 5.69 Å². The maximum Gasteiger partial charge on any atom is 0.0429 e. The van der Waals surface area contributed by atoms with Gasteiger partial charge in [0, 0.05) is 37.2 Å². The molecule has 1 aromatic heterocycles. The predicted molar refractivity (Wildman–Crippen MR) is 72.5 cm³/mol. The number of piperidine rings is 1. The highest BCUT2D eigenvalue weighted by molar-refractivity contribution is 5.52. The number of nitrogens with zero attached hydrogens (tertiary/aromatic N) is 2. The third-order valence-electron chi connectivity index (χ3n) is 3.56. The molecule has 2 heterocycles. The molecule has 1 atom stereocenters. The van der Waals surface area contributed by atoms with Crippen LogP contribution in [0.3, 0.4) is 0 Å². The van der Waals surface area contributed by atoms with Gasteiger partial charge < -0.3 is 10.2 Å². The molecular weight excluding hydrogens is 210 g/mol. The van der Waals surface area contributed by atoms with E-state index in [9.17, 15) is 0 Å². The molecule has 0 spiro atoms. The number of nitrogens with one attached hydrogen (secondary N) is 1. The van der Waals surface area contributed by atoms with Gasteiger partial charge in [-0.3, -0.25) is 4.98 Å². The zero-order valence-corrected chi connectivity index (χ0v) is 10.9. The van der Waals surface area contributed by atoms with Crippen LogP contribution < -0.4 is 10.2 Å². The number of aromatic nitrogens is 1. The molecule has 1 fully saturated rings. The SMILES string of the molecule is CCNCC1CCCCN1c1ccncc1C. The Morgan fingerprint density at radius 2 is 2.35 bits per heavy atom. The van der Waals surface area contributed by atoms with Crippen LogP contribution in [0.4, 0.5) is 5.69 Å². The minimum Gasteiger partial charge on any atom is -0.367 e. The Morgan fingerprint density at radius 1 is 1.47 bits per heavy atom. The second-order valence-electron chi connectivity index (χ2n) is 4.81. The highest BCUT2D eigenvalue weighted by Gasteiger charge is 2.22. The molecule has 1 aromatic rings. The van der Waals surface area contributed by atoms with Crippen molar-refractivity contribution in [1.29, 1.82) is 0 Å². The average molecular weight is 233 g/mol. The summed E-state index contributed by atoms with van der Waals surface area (Å²) in [4.78, 5) is 6.74. The maximum atomic E-state index is 4.18. The highest BCUT2D eigenvalue weighted by atomic mass is 15.2. The van der Waals surface area contributed by atoms with E-state index in [0.717, 1.165) is 13.1 Å². The van der Waals surface area contributed by atoms with Crippen LogP contribution in [-0.4, -0.2) is 30.7 Å². The van der Waals surface area contributed by atoms with E-state index in [4.69, 9.17) is 0 Å². The molecule has 1 N–H and O–H groups in total. The van der Waals surface area contributed by atoms with Gasteiger partial charge in [0.05, 0.1) is 0 Å². The summed E-state index contributed by atoms with van der Waals surface area (Å²) in [7, 11) is 0. The van der Waals surface area contributed by atoms with Crippen LogP contribution in [0.2, 0.25) is 0 Å². The zero-order valence-electron chi connectivity index (χ0n) is 10.9. The fourth-order valence-corrected chi connectivity index (χ4v) is 2.63. The minimum atomic E-state index is 0.643. The topological polar surface area (TPSA) is 28.2 Å². The van der Waals surface area contributed by atoms with E-state index < -0.39 is 0 Å². The molecule has 0 saturated carbocycles. The lowest BCUT2D eigenvalue weighted by Gasteiger charge is -2.38. The Hall–Kier alpha value is -1.09.